The van der Waals surface area contributed by atoms with E-state index >= 15 is 0 Å². The molecule has 1 saturated carbocycles. The van der Waals surface area contributed by atoms with Crippen LogP contribution < -0.4 is 5.32 Å². The van der Waals surface area contributed by atoms with E-state index in [9.17, 15) is 9.90 Å². The maximum Gasteiger partial charge on any atom is 0.329 e. The maximum atomic E-state index is 11.5. The number of hydrogen-bond donors (Lipinski definition) is 2. The van der Waals surface area contributed by atoms with E-state index in [4.69, 9.17) is 0 Å². The van der Waals surface area contributed by atoms with Gasteiger partial charge in [0.2, 0.25) is 5.65 Å². The van der Waals surface area contributed by atoms with Gasteiger partial charge in [-0.2, -0.15) is 0 Å². The summed E-state index contributed by atoms with van der Waals surface area (Å²) in [6, 6.07) is 0. The Hall–Kier alpha value is -2.18. The Morgan fingerprint density at radius 2 is 2.16 bits per heavy atom. The summed E-state index contributed by atoms with van der Waals surface area (Å²) in [5.41, 5.74) is -0.359. The molecule has 100 valence electrons. The molecule has 0 radical (unpaired) electrons. The number of nitrogens with zero attached hydrogens (tertiary/aromatic N) is 4. The second kappa shape index (κ2) is 4.18. The van der Waals surface area contributed by atoms with Crippen molar-refractivity contribution in [2.45, 2.75) is 38.1 Å². The lowest BCUT2D eigenvalue weighted by molar-refractivity contribution is -0.142. The fraction of sp³-hybridized carbons (Fsp3) is 0.500. The van der Waals surface area contributed by atoms with Crippen LogP contribution >= 0.6 is 0 Å². The van der Waals surface area contributed by atoms with Crippen molar-refractivity contribution in [2.75, 3.05) is 5.32 Å². The summed E-state index contributed by atoms with van der Waals surface area (Å²) in [6.07, 6.45) is 6.42. The number of rotatable bonds is 3. The molecule has 1 aliphatic carbocycles. The fourth-order valence-corrected chi connectivity index (χ4v) is 2.63. The minimum absolute atomic E-state index is 0.479. The Morgan fingerprint density at radius 1 is 1.42 bits per heavy atom. The van der Waals surface area contributed by atoms with Crippen LogP contribution in [0, 0.1) is 6.92 Å². The van der Waals surface area contributed by atoms with Crippen molar-refractivity contribution in [3.05, 3.63) is 18.2 Å². The van der Waals surface area contributed by atoms with Crippen LogP contribution in [-0.2, 0) is 4.79 Å². The quantitative estimate of drug-likeness (QED) is 0.863. The molecule has 0 atom stereocenters. The SMILES string of the molecule is Cc1nnc2c(NC3(C(=O)O)CCCC3)nccn12. The van der Waals surface area contributed by atoms with Crippen LogP contribution in [0.5, 0.6) is 0 Å². The van der Waals surface area contributed by atoms with Gasteiger partial charge in [0.25, 0.3) is 0 Å². The van der Waals surface area contributed by atoms with Gasteiger partial charge in [-0.05, 0) is 19.8 Å². The Morgan fingerprint density at radius 3 is 2.84 bits per heavy atom. The second-order valence-corrected chi connectivity index (χ2v) is 4.94. The number of anilines is 1. The highest BCUT2D eigenvalue weighted by molar-refractivity contribution is 5.84. The van der Waals surface area contributed by atoms with Gasteiger partial charge in [-0.1, -0.05) is 12.8 Å². The maximum absolute atomic E-state index is 11.5. The summed E-state index contributed by atoms with van der Waals surface area (Å²) in [6.45, 7) is 1.84. The zero-order valence-corrected chi connectivity index (χ0v) is 10.6. The molecule has 2 aromatic heterocycles. The molecule has 19 heavy (non-hydrogen) atoms. The predicted octanol–water partition coefficient (Wildman–Crippen LogP) is 1.24. The van der Waals surface area contributed by atoms with Crippen LogP contribution in [0.4, 0.5) is 5.82 Å². The zero-order chi connectivity index (χ0) is 13.5. The van der Waals surface area contributed by atoms with Crippen molar-refractivity contribution in [1.82, 2.24) is 19.6 Å². The molecule has 0 bridgehead atoms. The van der Waals surface area contributed by atoms with E-state index in [-0.39, 0.29) is 0 Å². The minimum atomic E-state index is -0.922. The van der Waals surface area contributed by atoms with Crippen molar-refractivity contribution >= 4 is 17.4 Å². The van der Waals surface area contributed by atoms with Gasteiger partial charge in [-0.3, -0.25) is 4.40 Å². The number of aromatic nitrogens is 4. The van der Waals surface area contributed by atoms with Crippen LogP contribution in [0.2, 0.25) is 0 Å². The first-order valence-corrected chi connectivity index (χ1v) is 6.30. The molecule has 0 aliphatic heterocycles. The second-order valence-electron chi connectivity index (χ2n) is 4.94. The van der Waals surface area contributed by atoms with Crippen LogP contribution in [-0.4, -0.2) is 36.2 Å². The number of carboxylic acids is 1. The summed E-state index contributed by atoms with van der Waals surface area (Å²) in [7, 11) is 0. The Balaban J connectivity index is 2.03. The number of fused-ring (bicyclic) bond motifs is 1. The predicted molar refractivity (Wildman–Crippen MR) is 68.0 cm³/mol. The van der Waals surface area contributed by atoms with E-state index < -0.39 is 11.5 Å². The molecule has 0 saturated heterocycles. The van der Waals surface area contributed by atoms with Gasteiger partial charge in [0, 0.05) is 12.4 Å². The van der Waals surface area contributed by atoms with Gasteiger partial charge in [0.05, 0.1) is 0 Å². The molecule has 1 fully saturated rings. The lowest BCUT2D eigenvalue weighted by atomic mass is 9.98. The van der Waals surface area contributed by atoms with Crippen molar-refractivity contribution in [3.8, 4) is 0 Å². The van der Waals surface area contributed by atoms with Gasteiger partial charge in [0.15, 0.2) is 5.82 Å². The number of aryl methyl sites for hydroxylation is 1. The van der Waals surface area contributed by atoms with E-state index in [0.717, 1.165) is 18.7 Å². The molecule has 7 heteroatoms. The Kier molecular flexibility index (Phi) is 2.62. The molecule has 0 amide bonds. The lowest BCUT2D eigenvalue weighted by Crippen LogP contribution is -2.44. The van der Waals surface area contributed by atoms with Gasteiger partial charge < -0.3 is 10.4 Å². The van der Waals surface area contributed by atoms with Gasteiger partial charge in [-0.25, -0.2) is 9.78 Å². The molecule has 7 nitrogen and oxygen atoms in total. The molecule has 0 aromatic carbocycles. The zero-order valence-electron chi connectivity index (χ0n) is 10.6. The highest BCUT2D eigenvalue weighted by Gasteiger charge is 2.42. The van der Waals surface area contributed by atoms with Crippen LogP contribution in [0.25, 0.3) is 5.65 Å². The average Bonchev–Trinajstić information content (AvgIpc) is 2.99. The summed E-state index contributed by atoms with van der Waals surface area (Å²) < 4.78 is 1.79. The highest BCUT2D eigenvalue weighted by atomic mass is 16.4. The Bertz CT molecular complexity index is 630. The van der Waals surface area contributed by atoms with Crippen LogP contribution in [0.3, 0.4) is 0 Å². The third-order valence-corrected chi connectivity index (χ3v) is 3.72. The van der Waals surface area contributed by atoms with Gasteiger partial charge >= 0.3 is 5.97 Å². The number of carbonyl (C=O) groups is 1. The van der Waals surface area contributed by atoms with E-state index in [1.54, 1.807) is 16.8 Å². The topological polar surface area (TPSA) is 92.4 Å². The number of aliphatic carboxylic acids is 1. The minimum Gasteiger partial charge on any atom is -0.480 e. The summed E-state index contributed by atoms with van der Waals surface area (Å²) in [5, 5.41) is 20.6. The first kappa shape index (κ1) is 11.9. The summed E-state index contributed by atoms with van der Waals surface area (Å²) >= 11 is 0. The van der Waals surface area contributed by atoms with Crippen LogP contribution in [0.1, 0.15) is 31.5 Å². The number of carboxylic acid groups (broad SMARTS) is 1. The summed E-state index contributed by atoms with van der Waals surface area (Å²) in [4.78, 5) is 15.7. The highest BCUT2D eigenvalue weighted by Crippen LogP contribution is 2.33. The smallest absolute Gasteiger partial charge is 0.329 e. The largest absolute Gasteiger partial charge is 0.480 e. The van der Waals surface area contributed by atoms with E-state index in [2.05, 4.69) is 20.5 Å². The van der Waals surface area contributed by atoms with Crippen LogP contribution in [0.15, 0.2) is 12.4 Å². The van der Waals surface area contributed by atoms with E-state index in [1.807, 2.05) is 6.92 Å². The standard InChI is InChI=1S/C12H15N5O2/c1-8-15-16-10-9(13-6-7-17(8)10)14-12(11(18)19)4-2-3-5-12/h6-7H,2-5H2,1H3,(H,13,14)(H,18,19). The fourth-order valence-electron chi connectivity index (χ4n) is 2.63. The molecule has 2 heterocycles. The molecular weight excluding hydrogens is 246 g/mol. The monoisotopic (exact) mass is 261 g/mol. The molecule has 2 N–H and O–H groups in total. The number of nitrogens with one attached hydrogen (secondary N) is 1. The van der Waals surface area contributed by atoms with Gasteiger partial charge in [0.1, 0.15) is 11.4 Å². The van der Waals surface area contributed by atoms with E-state index in [0.29, 0.717) is 24.3 Å². The molecule has 0 spiro atoms. The normalized spacial score (nSPS) is 17.7. The third kappa shape index (κ3) is 1.81. The first-order valence-electron chi connectivity index (χ1n) is 6.30. The average molecular weight is 261 g/mol. The van der Waals surface area contributed by atoms with Crippen molar-refractivity contribution in [1.29, 1.82) is 0 Å². The van der Waals surface area contributed by atoms with Crippen molar-refractivity contribution < 1.29 is 9.90 Å². The van der Waals surface area contributed by atoms with E-state index in [1.165, 1.54) is 0 Å². The lowest BCUT2D eigenvalue weighted by Gasteiger charge is -2.25. The molecule has 1 aliphatic rings. The molecule has 2 aromatic rings. The molecule has 3 rings (SSSR count). The molecule has 0 unspecified atom stereocenters. The van der Waals surface area contributed by atoms with Gasteiger partial charge in [-0.15, -0.1) is 10.2 Å². The molecular formula is C12H15N5O2. The Labute approximate surface area is 109 Å². The van der Waals surface area contributed by atoms with Crippen molar-refractivity contribution in [2.24, 2.45) is 0 Å². The number of hydrogen-bond acceptors (Lipinski definition) is 5. The first-order chi connectivity index (χ1) is 9.12. The summed E-state index contributed by atoms with van der Waals surface area (Å²) in [5.74, 6) is 0.397. The third-order valence-electron chi connectivity index (χ3n) is 3.72. The van der Waals surface area contributed by atoms with Crippen molar-refractivity contribution in [3.63, 3.8) is 0 Å².